The highest BCUT2D eigenvalue weighted by molar-refractivity contribution is 6.08. The first-order chi connectivity index (χ1) is 6.95. The van der Waals surface area contributed by atoms with E-state index in [1.165, 1.54) is 13.8 Å². The monoisotopic (exact) mass is 204 g/mol. The van der Waals surface area contributed by atoms with Gasteiger partial charge in [-0.1, -0.05) is 32.0 Å². The Morgan fingerprint density at radius 2 is 1.67 bits per heavy atom. The van der Waals surface area contributed by atoms with Crippen LogP contribution in [-0.4, -0.2) is 11.6 Å². The Morgan fingerprint density at radius 3 is 2.07 bits per heavy atom. The lowest BCUT2D eigenvalue weighted by Gasteiger charge is -2.13. The third kappa shape index (κ3) is 2.32. The molecule has 0 aromatic heterocycles. The van der Waals surface area contributed by atoms with Crippen LogP contribution in [0.25, 0.3) is 0 Å². The molecule has 0 amide bonds. The van der Waals surface area contributed by atoms with Crippen molar-refractivity contribution in [1.29, 1.82) is 0 Å². The van der Waals surface area contributed by atoms with Gasteiger partial charge in [-0.3, -0.25) is 9.59 Å². The zero-order chi connectivity index (χ0) is 11.6. The summed E-state index contributed by atoms with van der Waals surface area (Å²) in [6.45, 7) is 7.04. The van der Waals surface area contributed by atoms with E-state index in [2.05, 4.69) is 0 Å². The van der Waals surface area contributed by atoms with Gasteiger partial charge < -0.3 is 0 Å². The Kier molecular flexibility index (Phi) is 3.40. The fraction of sp³-hybridized carbons (Fsp3) is 0.385. The van der Waals surface area contributed by atoms with Crippen LogP contribution in [0, 0.1) is 0 Å². The van der Waals surface area contributed by atoms with Crippen molar-refractivity contribution in [2.24, 2.45) is 0 Å². The molecule has 0 saturated heterocycles. The number of rotatable bonds is 3. The molecule has 0 heterocycles. The second-order valence-electron chi connectivity index (χ2n) is 4.04. The fourth-order valence-corrected chi connectivity index (χ4v) is 1.74. The van der Waals surface area contributed by atoms with Gasteiger partial charge in [0.25, 0.3) is 0 Å². The lowest BCUT2D eigenvalue weighted by molar-refractivity contribution is 0.0980. The van der Waals surface area contributed by atoms with Crippen molar-refractivity contribution in [2.45, 2.75) is 33.6 Å². The average Bonchev–Trinajstić information content (AvgIpc) is 2.16. The number of ketones is 2. The van der Waals surface area contributed by atoms with Crippen molar-refractivity contribution in [3.63, 3.8) is 0 Å². The van der Waals surface area contributed by atoms with Crippen LogP contribution >= 0.6 is 0 Å². The largest absolute Gasteiger partial charge is 0.294 e. The van der Waals surface area contributed by atoms with Crippen LogP contribution in [-0.2, 0) is 0 Å². The van der Waals surface area contributed by atoms with Crippen molar-refractivity contribution >= 4 is 11.6 Å². The molecule has 0 radical (unpaired) electrons. The summed E-state index contributed by atoms with van der Waals surface area (Å²) in [7, 11) is 0. The molecule has 0 atom stereocenters. The van der Waals surface area contributed by atoms with Gasteiger partial charge in [0.1, 0.15) is 0 Å². The predicted molar refractivity (Wildman–Crippen MR) is 60.5 cm³/mol. The Hall–Kier alpha value is -1.44. The molecule has 0 aliphatic carbocycles. The van der Waals surface area contributed by atoms with Crippen molar-refractivity contribution < 1.29 is 9.59 Å². The van der Waals surface area contributed by atoms with E-state index < -0.39 is 0 Å². The highest BCUT2D eigenvalue weighted by Gasteiger charge is 2.16. The van der Waals surface area contributed by atoms with Crippen LogP contribution < -0.4 is 0 Å². The minimum Gasteiger partial charge on any atom is -0.294 e. The summed E-state index contributed by atoms with van der Waals surface area (Å²) in [6, 6.07) is 5.46. The molecule has 0 aliphatic heterocycles. The Bertz CT molecular complexity index is 403. The van der Waals surface area contributed by atoms with E-state index in [1.807, 2.05) is 26.0 Å². The summed E-state index contributed by atoms with van der Waals surface area (Å²) in [5.74, 6) is 0.162. The number of carbonyl (C=O) groups is 2. The maximum atomic E-state index is 11.5. The van der Waals surface area contributed by atoms with E-state index in [0.717, 1.165) is 5.56 Å². The third-order valence-electron chi connectivity index (χ3n) is 2.45. The average molecular weight is 204 g/mol. The smallest absolute Gasteiger partial charge is 0.160 e. The molecule has 2 heteroatoms. The number of Topliss-reactive ketones (excluding diaryl/α,β-unsaturated/α-hetero) is 2. The molecule has 1 rings (SSSR count). The topological polar surface area (TPSA) is 34.1 Å². The first-order valence-electron chi connectivity index (χ1n) is 5.10. The van der Waals surface area contributed by atoms with Gasteiger partial charge in [-0.15, -0.1) is 0 Å². The minimum atomic E-state index is -0.0531. The summed E-state index contributed by atoms with van der Waals surface area (Å²) < 4.78 is 0. The molecule has 0 bridgehead atoms. The highest BCUT2D eigenvalue weighted by Crippen LogP contribution is 2.23. The zero-order valence-corrected chi connectivity index (χ0v) is 9.63. The highest BCUT2D eigenvalue weighted by atomic mass is 16.1. The van der Waals surface area contributed by atoms with Crippen molar-refractivity contribution in [3.8, 4) is 0 Å². The van der Waals surface area contributed by atoms with Gasteiger partial charge in [-0.05, 0) is 25.3 Å². The molecule has 0 unspecified atom stereocenters. The Morgan fingerprint density at radius 1 is 1.07 bits per heavy atom. The molecule has 2 nitrogen and oxygen atoms in total. The number of carbonyl (C=O) groups excluding carboxylic acids is 2. The summed E-state index contributed by atoms with van der Waals surface area (Å²) in [5, 5.41) is 0. The van der Waals surface area contributed by atoms with Gasteiger partial charge in [-0.25, -0.2) is 0 Å². The number of hydrogen-bond acceptors (Lipinski definition) is 2. The van der Waals surface area contributed by atoms with Gasteiger partial charge >= 0.3 is 0 Å². The quantitative estimate of drug-likeness (QED) is 0.708. The summed E-state index contributed by atoms with van der Waals surface area (Å²) in [5.41, 5.74) is 2.07. The van der Waals surface area contributed by atoms with E-state index in [9.17, 15) is 9.59 Å². The summed E-state index contributed by atoms with van der Waals surface area (Å²) in [4.78, 5) is 22.9. The van der Waals surface area contributed by atoms with Crippen LogP contribution in [0.5, 0.6) is 0 Å². The van der Waals surface area contributed by atoms with Gasteiger partial charge in [0.05, 0.1) is 0 Å². The zero-order valence-electron chi connectivity index (χ0n) is 9.63. The second kappa shape index (κ2) is 4.39. The van der Waals surface area contributed by atoms with Crippen LogP contribution in [0.2, 0.25) is 0 Å². The third-order valence-corrected chi connectivity index (χ3v) is 2.45. The molecule has 0 spiro atoms. The number of hydrogen-bond donors (Lipinski definition) is 0. The molecule has 15 heavy (non-hydrogen) atoms. The van der Waals surface area contributed by atoms with Crippen LogP contribution in [0.1, 0.15) is 59.9 Å². The van der Waals surface area contributed by atoms with Gasteiger partial charge in [0.2, 0.25) is 0 Å². The van der Waals surface area contributed by atoms with E-state index in [1.54, 1.807) is 6.07 Å². The molecule has 0 aliphatic rings. The second-order valence-corrected chi connectivity index (χ2v) is 4.04. The first-order valence-corrected chi connectivity index (χ1v) is 5.10. The fourth-order valence-electron chi connectivity index (χ4n) is 1.74. The standard InChI is InChI=1S/C13H16O2/c1-8(2)11-6-5-7-12(9(3)14)13(11)10(4)15/h5-8H,1-4H3. The lowest BCUT2D eigenvalue weighted by atomic mass is 9.90. The van der Waals surface area contributed by atoms with E-state index in [-0.39, 0.29) is 17.5 Å². The van der Waals surface area contributed by atoms with Gasteiger partial charge in [0.15, 0.2) is 11.6 Å². The summed E-state index contributed by atoms with van der Waals surface area (Å²) in [6.07, 6.45) is 0. The Labute approximate surface area is 90.3 Å². The molecule has 0 saturated carbocycles. The van der Waals surface area contributed by atoms with Crippen LogP contribution in [0.15, 0.2) is 18.2 Å². The lowest BCUT2D eigenvalue weighted by Crippen LogP contribution is -2.09. The maximum absolute atomic E-state index is 11.5. The van der Waals surface area contributed by atoms with E-state index >= 15 is 0 Å². The SMILES string of the molecule is CC(=O)c1cccc(C(C)C)c1C(C)=O. The van der Waals surface area contributed by atoms with Crippen LogP contribution in [0.3, 0.4) is 0 Å². The predicted octanol–water partition coefficient (Wildman–Crippen LogP) is 3.22. The van der Waals surface area contributed by atoms with Crippen LogP contribution in [0.4, 0.5) is 0 Å². The Balaban J connectivity index is 3.48. The van der Waals surface area contributed by atoms with E-state index in [0.29, 0.717) is 11.1 Å². The van der Waals surface area contributed by atoms with Crippen molar-refractivity contribution in [3.05, 3.63) is 34.9 Å². The summed E-state index contributed by atoms with van der Waals surface area (Å²) >= 11 is 0. The molecule has 0 fully saturated rings. The number of benzene rings is 1. The first kappa shape index (κ1) is 11.6. The molecule has 1 aromatic rings. The maximum Gasteiger partial charge on any atom is 0.160 e. The molecular formula is C13H16O2. The van der Waals surface area contributed by atoms with Crippen molar-refractivity contribution in [1.82, 2.24) is 0 Å². The molecule has 80 valence electrons. The van der Waals surface area contributed by atoms with Gasteiger partial charge in [-0.2, -0.15) is 0 Å². The van der Waals surface area contributed by atoms with Crippen molar-refractivity contribution in [2.75, 3.05) is 0 Å². The molecular weight excluding hydrogens is 188 g/mol. The minimum absolute atomic E-state index is 0.0375. The normalized spacial score (nSPS) is 10.5. The van der Waals surface area contributed by atoms with E-state index in [4.69, 9.17) is 0 Å². The van der Waals surface area contributed by atoms with Gasteiger partial charge in [0, 0.05) is 11.1 Å². The molecule has 1 aromatic carbocycles. The molecule has 0 N–H and O–H groups in total.